The molecular weight excluding hydrogens is 512 g/mol. The maximum absolute atomic E-state index is 13.7. The first-order valence-corrected chi connectivity index (χ1v) is 14.4. The number of esters is 4. The van der Waals surface area contributed by atoms with Crippen molar-refractivity contribution in [1.29, 1.82) is 0 Å². The molecule has 0 heterocycles. The third-order valence-corrected chi connectivity index (χ3v) is 6.17. The van der Waals surface area contributed by atoms with E-state index in [1.165, 1.54) is 6.07 Å². The molecule has 218 valence electrons. The van der Waals surface area contributed by atoms with Gasteiger partial charge in [-0.25, -0.2) is 19.2 Å². The Morgan fingerprint density at radius 3 is 1.38 bits per heavy atom. The Morgan fingerprint density at radius 1 is 0.525 bits per heavy atom. The summed E-state index contributed by atoms with van der Waals surface area (Å²) in [5, 5.41) is 0. The van der Waals surface area contributed by atoms with E-state index >= 15 is 0 Å². The van der Waals surface area contributed by atoms with E-state index in [2.05, 4.69) is 0 Å². The highest BCUT2D eigenvalue weighted by Crippen LogP contribution is 2.34. The van der Waals surface area contributed by atoms with E-state index in [0.29, 0.717) is 31.2 Å². The van der Waals surface area contributed by atoms with Crippen LogP contribution in [0.2, 0.25) is 0 Å². The molecule has 0 aromatic heterocycles. The summed E-state index contributed by atoms with van der Waals surface area (Å²) in [6.45, 7) is 8.24. The molecule has 2 aromatic rings. The Hall–Kier alpha value is -3.68. The van der Waals surface area contributed by atoms with Crippen molar-refractivity contribution in [3.05, 3.63) is 58.7 Å². The number of rotatable bonds is 17. The molecule has 0 N–H and O–H groups in total. The summed E-state index contributed by atoms with van der Waals surface area (Å²) in [6.07, 6.45) is 5.55. The first-order valence-electron chi connectivity index (χ1n) is 14.4. The number of benzene rings is 2. The third kappa shape index (κ3) is 9.21. The molecule has 40 heavy (non-hydrogen) atoms. The van der Waals surface area contributed by atoms with Gasteiger partial charge in [0.1, 0.15) is 0 Å². The normalized spacial score (nSPS) is 10.6. The van der Waals surface area contributed by atoms with Gasteiger partial charge in [0.15, 0.2) is 0 Å². The lowest BCUT2D eigenvalue weighted by Gasteiger charge is -2.20. The summed E-state index contributed by atoms with van der Waals surface area (Å²) in [4.78, 5) is 54.2. The molecule has 8 nitrogen and oxygen atoms in total. The van der Waals surface area contributed by atoms with Crippen molar-refractivity contribution in [3.63, 3.8) is 0 Å². The fraction of sp³-hybridized carbons (Fsp3) is 0.500. The Labute approximate surface area is 237 Å². The Bertz CT molecular complexity index is 1120. The summed E-state index contributed by atoms with van der Waals surface area (Å²) in [5.41, 5.74) is -0.178. The van der Waals surface area contributed by atoms with Crippen molar-refractivity contribution in [2.45, 2.75) is 79.1 Å². The fourth-order valence-electron chi connectivity index (χ4n) is 3.85. The van der Waals surface area contributed by atoms with Gasteiger partial charge in [0.25, 0.3) is 0 Å². The first-order chi connectivity index (χ1) is 19.4. The van der Waals surface area contributed by atoms with E-state index in [1.807, 2.05) is 33.8 Å². The molecule has 0 radical (unpaired) electrons. The zero-order valence-corrected chi connectivity index (χ0v) is 24.2. The predicted molar refractivity (Wildman–Crippen MR) is 153 cm³/mol. The quantitative estimate of drug-likeness (QED) is 0.115. The minimum Gasteiger partial charge on any atom is -0.462 e. The van der Waals surface area contributed by atoms with Gasteiger partial charge >= 0.3 is 23.9 Å². The van der Waals surface area contributed by atoms with Gasteiger partial charge in [0.2, 0.25) is 0 Å². The average molecular weight is 555 g/mol. The zero-order valence-electron chi connectivity index (χ0n) is 24.2. The molecule has 0 amide bonds. The van der Waals surface area contributed by atoms with E-state index < -0.39 is 23.9 Å². The van der Waals surface area contributed by atoms with Crippen LogP contribution < -0.4 is 0 Å². The molecular formula is C32H42O8. The number of carbonyl (C=O) groups excluding carboxylic acids is 4. The van der Waals surface area contributed by atoms with Crippen molar-refractivity contribution < 1.29 is 38.1 Å². The zero-order chi connectivity index (χ0) is 29.3. The Morgan fingerprint density at radius 2 is 0.925 bits per heavy atom. The van der Waals surface area contributed by atoms with Crippen molar-refractivity contribution >= 4 is 23.9 Å². The maximum atomic E-state index is 13.7. The molecule has 0 saturated carbocycles. The van der Waals surface area contributed by atoms with Gasteiger partial charge in [0, 0.05) is 0 Å². The largest absolute Gasteiger partial charge is 0.462 e. The molecule has 0 aliphatic carbocycles. The van der Waals surface area contributed by atoms with Crippen LogP contribution in [0, 0.1) is 0 Å². The van der Waals surface area contributed by atoms with E-state index in [4.69, 9.17) is 18.9 Å². The second-order valence-corrected chi connectivity index (χ2v) is 9.42. The van der Waals surface area contributed by atoms with Crippen LogP contribution in [0.15, 0.2) is 36.4 Å². The van der Waals surface area contributed by atoms with Crippen molar-refractivity contribution in [2.24, 2.45) is 0 Å². The van der Waals surface area contributed by atoms with Crippen LogP contribution in [0.5, 0.6) is 0 Å². The summed E-state index contributed by atoms with van der Waals surface area (Å²) in [5.74, 6) is -3.39. The highest BCUT2D eigenvalue weighted by atomic mass is 16.5. The van der Waals surface area contributed by atoms with E-state index in [1.54, 1.807) is 24.3 Å². The van der Waals surface area contributed by atoms with Crippen LogP contribution >= 0.6 is 0 Å². The van der Waals surface area contributed by atoms with Gasteiger partial charge in [-0.05, 0) is 42.9 Å². The fourth-order valence-corrected chi connectivity index (χ4v) is 3.85. The summed E-state index contributed by atoms with van der Waals surface area (Å²) in [6, 6.07) is 10.3. The van der Waals surface area contributed by atoms with Gasteiger partial charge in [-0.2, -0.15) is 0 Å². The summed E-state index contributed by atoms with van der Waals surface area (Å²) in [7, 11) is 0. The minimum absolute atomic E-state index is 0.0792. The second kappa shape index (κ2) is 17.8. The van der Waals surface area contributed by atoms with Crippen LogP contribution in [0.1, 0.15) is 120 Å². The van der Waals surface area contributed by atoms with Gasteiger partial charge in [-0.15, -0.1) is 0 Å². The minimum atomic E-state index is -0.904. The maximum Gasteiger partial charge on any atom is 0.339 e. The van der Waals surface area contributed by atoms with Crippen LogP contribution in [0.3, 0.4) is 0 Å². The number of hydrogen-bond donors (Lipinski definition) is 0. The SMILES string of the molecule is CCCCOC(=O)c1cc(-c2ccccc2)c(C(=O)OCCCC)c(C(=O)OCCCC)c1C(=O)OCCCC. The lowest BCUT2D eigenvalue weighted by atomic mass is 9.88. The van der Waals surface area contributed by atoms with Crippen LogP contribution in [-0.4, -0.2) is 50.3 Å². The lowest BCUT2D eigenvalue weighted by Crippen LogP contribution is -2.25. The molecule has 0 bridgehead atoms. The molecule has 0 aliphatic heterocycles. The van der Waals surface area contributed by atoms with Crippen molar-refractivity contribution in [2.75, 3.05) is 26.4 Å². The molecule has 0 unspecified atom stereocenters. The number of unbranched alkanes of at least 4 members (excludes halogenated alkanes) is 4. The number of ether oxygens (including phenoxy) is 4. The van der Waals surface area contributed by atoms with Crippen molar-refractivity contribution in [3.8, 4) is 11.1 Å². The van der Waals surface area contributed by atoms with E-state index in [9.17, 15) is 19.2 Å². The van der Waals surface area contributed by atoms with Gasteiger partial charge in [0.05, 0.1) is 48.7 Å². The first kappa shape index (κ1) is 32.5. The van der Waals surface area contributed by atoms with Gasteiger partial charge in [-0.3, -0.25) is 0 Å². The number of carbonyl (C=O) groups is 4. The number of hydrogen-bond acceptors (Lipinski definition) is 8. The van der Waals surface area contributed by atoms with Crippen LogP contribution in [0.4, 0.5) is 0 Å². The highest BCUT2D eigenvalue weighted by Gasteiger charge is 2.35. The topological polar surface area (TPSA) is 105 Å². The molecule has 0 saturated heterocycles. The van der Waals surface area contributed by atoms with E-state index in [0.717, 1.165) is 25.7 Å². The average Bonchev–Trinajstić information content (AvgIpc) is 2.96. The molecule has 0 aliphatic rings. The summed E-state index contributed by atoms with van der Waals surface area (Å²) >= 11 is 0. The van der Waals surface area contributed by atoms with Gasteiger partial charge < -0.3 is 18.9 Å². The predicted octanol–water partition coefficient (Wildman–Crippen LogP) is 7.18. The Kier molecular flexibility index (Phi) is 14.5. The molecule has 2 aromatic carbocycles. The smallest absolute Gasteiger partial charge is 0.339 e. The Balaban J connectivity index is 2.89. The molecule has 0 atom stereocenters. The second-order valence-electron chi connectivity index (χ2n) is 9.42. The highest BCUT2D eigenvalue weighted by molar-refractivity contribution is 6.18. The monoisotopic (exact) mass is 554 g/mol. The van der Waals surface area contributed by atoms with Crippen LogP contribution in [0.25, 0.3) is 11.1 Å². The molecule has 8 heteroatoms. The van der Waals surface area contributed by atoms with Crippen molar-refractivity contribution in [1.82, 2.24) is 0 Å². The van der Waals surface area contributed by atoms with E-state index in [-0.39, 0.29) is 54.2 Å². The van der Waals surface area contributed by atoms with Crippen LogP contribution in [-0.2, 0) is 18.9 Å². The summed E-state index contributed by atoms with van der Waals surface area (Å²) < 4.78 is 22.0. The molecule has 0 fully saturated rings. The van der Waals surface area contributed by atoms with Gasteiger partial charge in [-0.1, -0.05) is 83.7 Å². The lowest BCUT2D eigenvalue weighted by molar-refractivity contribution is 0.0417. The molecule has 2 rings (SSSR count). The molecule has 0 spiro atoms. The standard InChI is InChI=1S/C32H42O8/c1-5-9-18-37-29(33)25-22-24(23-16-14-13-15-17-23)26(30(34)38-19-10-6-2)28(32(36)40-21-12-8-4)27(25)31(35)39-20-11-7-3/h13-17,22H,5-12,18-21H2,1-4H3. The third-order valence-electron chi connectivity index (χ3n) is 6.17.